The second-order valence-corrected chi connectivity index (χ2v) is 1.88. The van der Waals surface area contributed by atoms with Gasteiger partial charge in [0.25, 0.3) is 0 Å². The molecule has 0 saturated carbocycles. The smallest absolute Gasteiger partial charge is 0.320 e. The number of rotatable bonds is 4. The molecule has 1 atom stereocenters. The normalized spacial score (nSPS) is 11.4. The van der Waals surface area contributed by atoms with Crippen LogP contribution >= 0.6 is 0 Å². The van der Waals surface area contributed by atoms with E-state index in [-0.39, 0.29) is 42.4 Å². The Morgan fingerprint density at radius 1 is 1.36 bits per heavy atom. The Hall–Kier alpha value is -0.100. The van der Waals surface area contributed by atoms with Gasteiger partial charge < -0.3 is 15.9 Å². The molecular weight excluding hydrogens is 161 g/mol. The number of carboxylic acids is 2. The van der Waals surface area contributed by atoms with E-state index in [4.69, 9.17) is 15.9 Å². The molecule has 5 nitrogen and oxygen atoms in total. The molecule has 0 amide bonds. The van der Waals surface area contributed by atoms with Crippen molar-refractivity contribution in [3.8, 4) is 0 Å². The Morgan fingerprint density at radius 3 is 2.09 bits per heavy atom. The van der Waals surface area contributed by atoms with Crippen molar-refractivity contribution in [1.82, 2.24) is 0 Å². The van der Waals surface area contributed by atoms with Crippen LogP contribution < -0.4 is 5.73 Å². The second-order valence-electron chi connectivity index (χ2n) is 1.88. The van der Waals surface area contributed by atoms with Gasteiger partial charge in [-0.25, -0.2) is 0 Å². The van der Waals surface area contributed by atoms with Crippen LogP contribution in [0.5, 0.6) is 0 Å². The van der Waals surface area contributed by atoms with Gasteiger partial charge in [-0.2, -0.15) is 0 Å². The van der Waals surface area contributed by atoms with Crippen molar-refractivity contribution in [3.05, 3.63) is 0 Å². The summed E-state index contributed by atoms with van der Waals surface area (Å²) in [6.07, 6.45) is -0.224. The van der Waals surface area contributed by atoms with Gasteiger partial charge in [-0.1, -0.05) is 0 Å². The SMILES string of the molecule is N[C@@H](CCC(=O)O)C(=O)O.[Na]. The summed E-state index contributed by atoms with van der Waals surface area (Å²) >= 11 is 0. The number of hydrogen-bond acceptors (Lipinski definition) is 3. The molecule has 11 heavy (non-hydrogen) atoms. The maximum absolute atomic E-state index is 9.99. The molecule has 0 spiro atoms. The largest absolute Gasteiger partial charge is 0.481 e. The molecule has 1 radical (unpaired) electrons. The van der Waals surface area contributed by atoms with Crippen molar-refractivity contribution in [3.63, 3.8) is 0 Å². The summed E-state index contributed by atoms with van der Waals surface area (Å²) in [4.78, 5) is 19.9. The van der Waals surface area contributed by atoms with Gasteiger partial charge in [0.2, 0.25) is 0 Å². The van der Waals surface area contributed by atoms with E-state index in [1.165, 1.54) is 0 Å². The van der Waals surface area contributed by atoms with Gasteiger partial charge in [-0.15, -0.1) is 0 Å². The fraction of sp³-hybridized carbons (Fsp3) is 0.600. The zero-order valence-corrected chi connectivity index (χ0v) is 8.28. The van der Waals surface area contributed by atoms with E-state index in [9.17, 15) is 9.59 Å². The molecule has 0 unspecified atom stereocenters. The summed E-state index contributed by atoms with van der Waals surface area (Å²) in [6.45, 7) is 0. The Bertz CT molecular complexity index is 149. The zero-order valence-electron chi connectivity index (χ0n) is 6.28. The molecule has 0 aromatic carbocycles. The minimum absolute atomic E-state index is 0. The van der Waals surface area contributed by atoms with Gasteiger partial charge in [0.15, 0.2) is 0 Å². The van der Waals surface area contributed by atoms with Crippen LogP contribution in [0.25, 0.3) is 0 Å². The molecule has 4 N–H and O–H groups in total. The average Bonchev–Trinajstić information content (AvgIpc) is 1.82. The molecule has 6 heteroatoms. The van der Waals surface area contributed by atoms with Crippen molar-refractivity contribution in [2.75, 3.05) is 0 Å². The molecule has 0 fully saturated rings. The van der Waals surface area contributed by atoms with E-state index in [1.54, 1.807) is 0 Å². The van der Waals surface area contributed by atoms with Gasteiger partial charge in [-0.3, -0.25) is 9.59 Å². The zero-order chi connectivity index (χ0) is 8.15. The van der Waals surface area contributed by atoms with Crippen LogP contribution in [-0.4, -0.2) is 57.8 Å². The minimum Gasteiger partial charge on any atom is -0.481 e. The van der Waals surface area contributed by atoms with E-state index >= 15 is 0 Å². The fourth-order valence-corrected chi connectivity index (χ4v) is 0.402. The summed E-state index contributed by atoms with van der Waals surface area (Å²) < 4.78 is 0. The topological polar surface area (TPSA) is 101 Å². The van der Waals surface area contributed by atoms with Crippen molar-refractivity contribution in [2.45, 2.75) is 18.9 Å². The van der Waals surface area contributed by atoms with E-state index in [1.807, 2.05) is 0 Å². The van der Waals surface area contributed by atoms with Crippen molar-refractivity contribution in [2.24, 2.45) is 5.73 Å². The molecular formula is C5H9NNaO4. The summed E-state index contributed by atoms with van der Waals surface area (Å²) in [6, 6.07) is -1.06. The maximum atomic E-state index is 9.99. The number of nitrogens with two attached hydrogens (primary N) is 1. The summed E-state index contributed by atoms with van der Waals surface area (Å²) in [5.41, 5.74) is 5.00. The summed E-state index contributed by atoms with van der Waals surface area (Å²) in [5, 5.41) is 16.3. The first-order valence-electron chi connectivity index (χ1n) is 2.74. The molecule has 0 bridgehead atoms. The van der Waals surface area contributed by atoms with Crippen LogP contribution in [0.4, 0.5) is 0 Å². The second kappa shape index (κ2) is 6.60. The third kappa shape index (κ3) is 7.80. The van der Waals surface area contributed by atoms with Gasteiger partial charge in [0.1, 0.15) is 6.04 Å². The number of hydrogen-bond donors (Lipinski definition) is 3. The van der Waals surface area contributed by atoms with Gasteiger partial charge in [0.05, 0.1) is 0 Å². The van der Waals surface area contributed by atoms with Crippen LogP contribution in [0, 0.1) is 0 Å². The molecule has 59 valence electrons. The van der Waals surface area contributed by atoms with Crippen molar-refractivity contribution >= 4 is 41.5 Å². The van der Waals surface area contributed by atoms with Crippen LogP contribution in [0.15, 0.2) is 0 Å². The molecule has 0 heterocycles. The molecule has 0 saturated heterocycles. The molecule has 0 aliphatic heterocycles. The number of aliphatic carboxylic acids is 2. The third-order valence-corrected chi connectivity index (χ3v) is 0.986. The number of carbonyl (C=O) groups is 2. The fourth-order valence-electron chi connectivity index (χ4n) is 0.402. The van der Waals surface area contributed by atoms with Crippen molar-refractivity contribution in [1.29, 1.82) is 0 Å². The molecule has 0 rings (SSSR count). The van der Waals surface area contributed by atoms with Gasteiger partial charge >= 0.3 is 11.9 Å². The first kappa shape index (κ1) is 13.5. The Labute approximate surface area is 85.9 Å². The molecule has 0 aliphatic carbocycles. The summed E-state index contributed by atoms with van der Waals surface area (Å²) in [7, 11) is 0. The van der Waals surface area contributed by atoms with Gasteiger partial charge in [-0.05, 0) is 6.42 Å². The van der Waals surface area contributed by atoms with Crippen LogP contribution in [0.2, 0.25) is 0 Å². The minimum atomic E-state index is -1.17. The third-order valence-electron chi connectivity index (χ3n) is 0.986. The predicted molar refractivity (Wildman–Crippen MR) is 38.2 cm³/mol. The first-order chi connectivity index (χ1) is 4.54. The predicted octanol–water partition coefficient (Wildman–Crippen LogP) is -1.12. The molecule has 0 aliphatic rings. The van der Waals surface area contributed by atoms with E-state index < -0.39 is 18.0 Å². The Kier molecular flexibility index (Phi) is 8.09. The summed E-state index contributed by atoms with van der Waals surface area (Å²) in [5.74, 6) is -2.20. The Balaban J connectivity index is 0. The van der Waals surface area contributed by atoms with E-state index in [2.05, 4.69) is 0 Å². The van der Waals surface area contributed by atoms with Crippen LogP contribution in [0.3, 0.4) is 0 Å². The van der Waals surface area contributed by atoms with E-state index in [0.717, 1.165) is 0 Å². The van der Waals surface area contributed by atoms with Crippen LogP contribution in [0.1, 0.15) is 12.8 Å². The average molecular weight is 170 g/mol. The first-order valence-corrected chi connectivity index (χ1v) is 2.74. The van der Waals surface area contributed by atoms with Crippen LogP contribution in [-0.2, 0) is 9.59 Å². The maximum Gasteiger partial charge on any atom is 0.320 e. The Morgan fingerprint density at radius 2 is 1.82 bits per heavy atom. The quantitative estimate of drug-likeness (QED) is 0.464. The standard InChI is InChI=1S/C5H9NO4.Na/c6-3(5(9)10)1-2-4(7)8;/h3H,1-2,6H2,(H,7,8)(H,9,10);/t3-;/m0./s1. The number of carboxylic acid groups (broad SMARTS) is 2. The molecule has 0 aromatic heterocycles. The van der Waals surface area contributed by atoms with Crippen molar-refractivity contribution < 1.29 is 19.8 Å². The van der Waals surface area contributed by atoms with Gasteiger partial charge in [0, 0.05) is 36.0 Å². The monoisotopic (exact) mass is 170 g/mol. The van der Waals surface area contributed by atoms with E-state index in [0.29, 0.717) is 0 Å². The molecule has 0 aromatic rings.